The average Bonchev–Trinajstić information content (AvgIpc) is 4.21. The molecule has 0 radical (unpaired) electrons. The maximum atomic E-state index is 14.2. The molecule has 15 nitrogen and oxygen atoms in total. The number of hydrogen-bond donors (Lipinski definition) is 2. The zero-order chi connectivity index (χ0) is 55.2. The lowest BCUT2D eigenvalue weighted by atomic mass is 9.82. The van der Waals surface area contributed by atoms with Gasteiger partial charge < -0.3 is 19.3 Å². The quantitative estimate of drug-likeness (QED) is 0.0784. The van der Waals surface area contributed by atoms with E-state index in [1.165, 1.54) is 29.9 Å². The number of para-hydroxylation sites is 1. The maximum absolute atomic E-state index is 14.2. The number of piperidine rings is 1. The first-order valence-electron chi connectivity index (χ1n) is 28.3. The summed E-state index contributed by atoms with van der Waals surface area (Å²) in [5.41, 5.74) is 8.54. The van der Waals surface area contributed by atoms with Gasteiger partial charge in [-0.15, -0.1) is 0 Å². The van der Waals surface area contributed by atoms with Gasteiger partial charge in [0.1, 0.15) is 17.2 Å². The van der Waals surface area contributed by atoms with Gasteiger partial charge in [0.15, 0.2) is 10.8 Å². The van der Waals surface area contributed by atoms with Gasteiger partial charge >= 0.3 is 5.97 Å². The van der Waals surface area contributed by atoms with Gasteiger partial charge in [0.2, 0.25) is 11.8 Å². The zero-order valence-corrected chi connectivity index (χ0v) is 47.5. The Bertz CT molecular complexity index is 3420. The lowest BCUT2D eigenvalue weighted by Gasteiger charge is -2.45. The molecular formula is C63H73N9O6S. The van der Waals surface area contributed by atoms with E-state index in [0.717, 1.165) is 113 Å². The molecule has 16 heteroatoms. The van der Waals surface area contributed by atoms with Crippen molar-refractivity contribution in [2.75, 3.05) is 47.8 Å². The molecule has 1 unspecified atom stereocenters. The number of fused-ring (bicyclic) bond motifs is 3. The van der Waals surface area contributed by atoms with Crippen molar-refractivity contribution in [2.45, 2.75) is 135 Å². The molecule has 412 valence electrons. The number of thiazole rings is 1. The number of piperazine rings is 1. The monoisotopic (exact) mass is 1080 g/mol. The molecule has 79 heavy (non-hydrogen) atoms. The minimum absolute atomic E-state index is 0.0968. The van der Waals surface area contributed by atoms with E-state index in [1.54, 1.807) is 0 Å². The summed E-state index contributed by atoms with van der Waals surface area (Å²) in [4.78, 5) is 69.4. The molecule has 1 aliphatic carbocycles. The Labute approximate surface area is 467 Å². The van der Waals surface area contributed by atoms with Gasteiger partial charge in [0, 0.05) is 80.5 Å². The summed E-state index contributed by atoms with van der Waals surface area (Å²) < 4.78 is 15.7. The van der Waals surface area contributed by atoms with Crippen molar-refractivity contribution in [3.63, 3.8) is 0 Å². The van der Waals surface area contributed by atoms with E-state index >= 15 is 0 Å². The number of aryl methyl sites for hydroxylation is 1. The zero-order valence-electron chi connectivity index (χ0n) is 46.7. The molecule has 3 fully saturated rings. The molecule has 2 saturated heterocycles. The number of carbonyl (C=O) groups excluding carboxylic acids is 4. The lowest BCUT2D eigenvalue weighted by molar-refractivity contribution is -0.134. The molecule has 1 saturated carbocycles. The number of imide groups is 1. The van der Waals surface area contributed by atoms with Gasteiger partial charge in [0.25, 0.3) is 5.91 Å². The molecule has 0 spiro atoms. The molecule has 11 rings (SSSR count). The Kier molecular flexibility index (Phi) is 15.1. The Balaban J connectivity index is 0.691. The summed E-state index contributed by atoms with van der Waals surface area (Å²) >= 11 is 1.45. The number of nitrogens with zero attached hydrogens (tertiary/aromatic N) is 7. The van der Waals surface area contributed by atoms with Gasteiger partial charge in [-0.1, -0.05) is 60.6 Å². The predicted octanol–water partition coefficient (Wildman–Crippen LogP) is 11.6. The molecule has 2 N–H and O–H groups in total. The van der Waals surface area contributed by atoms with Crippen LogP contribution in [0.1, 0.15) is 142 Å². The molecule has 7 aromatic rings. The van der Waals surface area contributed by atoms with Crippen molar-refractivity contribution in [1.82, 2.24) is 30.0 Å². The smallest absolute Gasteiger partial charge is 0.358 e. The van der Waals surface area contributed by atoms with Crippen molar-refractivity contribution in [2.24, 2.45) is 13.0 Å². The third kappa shape index (κ3) is 11.6. The van der Waals surface area contributed by atoms with Gasteiger partial charge in [0.05, 0.1) is 33.4 Å². The second kappa shape index (κ2) is 22.2. The Hall–Kier alpha value is -7.17. The number of rotatable bonds is 14. The standard InChI is InChI=1S/C63H73N9O6S/c1-39-44(45-26-28-54(65-57(45)60(76)78-62(2,3)4)71-32-30-41-14-10-16-46(49(41)38-71)58(74)67-61-64-50-17-8-9-19-53(50)79-61)15-11-18-52(39)77-43-23-20-40(21-24-43)13-12-31-63(5,6)72-35-33-70(34-36-72)42-22-25-47-51(37-42)69(7)68-56(47)48-27-29-55(73)66-59(48)75/h8-11,14-19,22,25-26,28,37,40,43,48H,12-13,20-21,23-24,27,29-36,38H2,1-7H3,(H,64,67,74)(H,66,73,75)/t40-,43-,48?. The summed E-state index contributed by atoms with van der Waals surface area (Å²) in [7, 11) is 1.93. The van der Waals surface area contributed by atoms with Gasteiger partial charge in [-0.25, -0.2) is 14.8 Å². The van der Waals surface area contributed by atoms with Crippen LogP contribution in [-0.2, 0) is 34.3 Å². The number of nitrogens with one attached hydrogen (secondary N) is 2. The van der Waals surface area contributed by atoms with Crippen molar-refractivity contribution < 1.29 is 28.7 Å². The molecule has 3 aromatic heterocycles. The van der Waals surface area contributed by atoms with Crippen LogP contribution in [0.3, 0.4) is 0 Å². The minimum Gasteiger partial charge on any atom is -0.490 e. The van der Waals surface area contributed by atoms with Crippen LogP contribution in [0.4, 0.5) is 16.6 Å². The van der Waals surface area contributed by atoms with Crippen LogP contribution in [0.15, 0.2) is 91.0 Å². The highest BCUT2D eigenvalue weighted by atomic mass is 32.1. The fourth-order valence-corrected chi connectivity index (χ4v) is 13.3. The van der Waals surface area contributed by atoms with E-state index in [1.807, 2.05) is 99.2 Å². The maximum Gasteiger partial charge on any atom is 0.358 e. The Morgan fingerprint density at radius 1 is 0.810 bits per heavy atom. The van der Waals surface area contributed by atoms with Crippen LogP contribution < -0.4 is 25.2 Å². The number of aromatic nitrogens is 4. The second-order valence-electron chi connectivity index (χ2n) is 23.7. The highest BCUT2D eigenvalue weighted by molar-refractivity contribution is 7.22. The van der Waals surface area contributed by atoms with E-state index < -0.39 is 17.5 Å². The normalized spacial score (nSPS) is 19.4. The van der Waals surface area contributed by atoms with Crippen LogP contribution in [0, 0.1) is 12.8 Å². The number of benzene rings is 4. The Morgan fingerprint density at radius 3 is 2.37 bits per heavy atom. The topological polar surface area (TPSA) is 164 Å². The largest absolute Gasteiger partial charge is 0.490 e. The van der Waals surface area contributed by atoms with Crippen molar-refractivity contribution in [3.8, 4) is 16.9 Å². The van der Waals surface area contributed by atoms with Gasteiger partial charge in [-0.3, -0.25) is 34.6 Å². The molecule has 3 aliphatic heterocycles. The lowest BCUT2D eigenvalue weighted by Crippen LogP contribution is -2.54. The molecule has 4 aliphatic rings. The van der Waals surface area contributed by atoms with E-state index in [4.69, 9.17) is 19.6 Å². The summed E-state index contributed by atoms with van der Waals surface area (Å²) in [6.07, 6.45) is 9.51. The van der Waals surface area contributed by atoms with Crippen LogP contribution >= 0.6 is 11.3 Å². The number of esters is 1. The number of anilines is 3. The predicted molar refractivity (Wildman–Crippen MR) is 312 cm³/mol. The summed E-state index contributed by atoms with van der Waals surface area (Å²) in [5.74, 6) is 0.564. The number of hydrogen-bond acceptors (Lipinski definition) is 13. The first-order chi connectivity index (χ1) is 37.9. The van der Waals surface area contributed by atoms with Gasteiger partial charge in [-0.2, -0.15) is 5.10 Å². The van der Waals surface area contributed by atoms with Crippen LogP contribution in [0.2, 0.25) is 0 Å². The van der Waals surface area contributed by atoms with Crippen LogP contribution in [-0.4, -0.2) is 98.3 Å². The molecular weight excluding hydrogens is 1010 g/mol. The fourth-order valence-electron chi connectivity index (χ4n) is 12.4. The van der Waals surface area contributed by atoms with E-state index in [2.05, 4.69) is 75.4 Å². The highest BCUT2D eigenvalue weighted by Gasteiger charge is 2.34. The number of pyridine rings is 1. The minimum atomic E-state index is -0.733. The molecule has 1 atom stereocenters. The fraction of sp³-hybridized carbons (Fsp3) is 0.444. The highest BCUT2D eigenvalue weighted by Crippen LogP contribution is 2.39. The number of ether oxygens (including phenoxy) is 2. The van der Waals surface area contributed by atoms with Crippen molar-refractivity contribution in [1.29, 1.82) is 0 Å². The van der Waals surface area contributed by atoms with Crippen molar-refractivity contribution in [3.05, 3.63) is 125 Å². The summed E-state index contributed by atoms with van der Waals surface area (Å²) in [5, 5.41) is 11.8. The molecule has 3 amide bonds. The SMILES string of the molecule is Cc1c(O[C@H]2CC[C@H](CCCC(C)(C)N3CCN(c4ccc5c(C6CCC(=O)NC6=O)nn(C)c5c4)CC3)CC2)cccc1-c1ccc(N2CCc3cccc(C(=O)Nc4nc5ccccc5s4)c3C2)nc1C(=O)OC(C)(C)C. The number of carbonyl (C=O) groups is 4. The van der Waals surface area contributed by atoms with Crippen LogP contribution in [0.5, 0.6) is 5.75 Å². The first-order valence-corrected chi connectivity index (χ1v) is 29.1. The average molecular weight is 1080 g/mol. The van der Waals surface area contributed by atoms with Gasteiger partial charge in [-0.05, 0) is 169 Å². The third-order valence-electron chi connectivity index (χ3n) is 16.8. The summed E-state index contributed by atoms with van der Waals surface area (Å²) in [6, 6.07) is 30.2. The Morgan fingerprint density at radius 2 is 1.59 bits per heavy atom. The van der Waals surface area contributed by atoms with Crippen molar-refractivity contribution >= 4 is 72.8 Å². The molecule has 4 aromatic carbocycles. The van der Waals surface area contributed by atoms with E-state index in [9.17, 15) is 19.2 Å². The summed E-state index contributed by atoms with van der Waals surface area (Å²) in [6.45, 7) is 17.5. The third-order valence-corrected chi connectivity index (χ3v) is 17.8. The second-order valence-corrected chi connectivity index (χ2v) is 24.7. The van der Waals surface area contributed by atoms with E-state index in [-0.39, 0.29) is 35.1 Å². The molecule has 6 heterocycles. The van der Waals surface area contributed by atoms with E-state index in [0.29, 0.717) is 60.3 Å². The number of amides is 3. The first kappa shape index (κ1) is 53.8. The van der Waals surface area contributed by atoms with Crippen LogP contribution in [0.25, 0.3) is 32.2 Å². The molecule has 0 bridgehead atoms.